The number of pyridine rings is 1. The van der Waals surface area contributed by atoms with E-state index in [2.05, 4.69) is 56.5 Å². The van der Waals surface area contributed by atoms with Crippen molar-refractivity contribution in [3.05, 3.63) is 57.6 Å². The van der Waals surface area contributed by atoms with Gasteiger partial charge in [0.15, 0.2) is 0 Å². The van der Waals surface area contributed by atoms with Crippen LogP contribution in [0, 0.1) is 13.8 Å². The van der Waals surface area contributed by atoms with E-state index in [1.54, 1.807) is 6.20 Å². The molecule has 1 aromatic heterocycles. The van der Waals surface area contributed by atoms with Crippen molar-refractivity contribution in [3.63, 3.8) is 0 Å². The van der Waals surface area contributed by atoms with Gasteiger partial charge in [0.2, 0.25) is 0 Å². The van der Waals surface area contributed by atoms with E-state index < -0.39 is 0 Å². The lowest BCUT2D eigenvalue weighted by Gasteiger charge is -2.18. The van der Waals surface area contributed by atoms with Gasteiger partial charge in [-0.2, -0.15) is 0 Å². The fourth-order valence-corrected chi connectivity index (χ4v) is 2.30. The summed E-state index contributed by atoms with van der Waals surface area (Å²) in [6, 6.07) is 0. The molecular weight excluding hydrogens is 232 g/mol. The van der Waals surface area contributed by atoms with Crippen LogP contribution in [0.25, 0.3) is 6.08 Å². The SMILES string of the molecule is C=N/C=C(C)\C(C)=C1\C=Cc2c(ncc(C)c2C)C1. The third-order valence-corrected chi connectivity index (χ3v) is 3.89. The molecule has 1 heterocycles. The van der Waals surface area contributed by atoms with E-state index in [0.29, 0.717) is 0 Å². The lowest BCUT2D eigenvalue weighted by Crippen LogP contribution is -2.05. The van der Waals surface area contributed by atoms with E-state index in [1.165, 1.54) is 33.5 Å². The normalized spacial score (nSPS) is 17.2. The molecule has 0 bridgehead atoms. The van der Waals surface area contributed by atoms with Crippen LogP contribution in [-0.2, 0) is 6.42 Å². The zero-order valence-corrected chi connectivity index (χ0v) is 12.1. The molecule has 2 rings (SSSR count). The molecule has 0 fully saturated rings. The highest BCUT2D eigenvalue weighted by Crippen LogP contribution is 2.28. The van der Waals surface area contributed by atoms with Gasteiger partial charge in [-0.1, -0.05) is 12.2 Å². The lowest BCUT2D eigenvalue weighted by molar-refractivity contribution is 1.01. The van der Waals surface area contributed by atoms with E-state index in [4.69, 9.17) is 0 Å². The molecule has 0 saturated carbocycles. The van der Waals surface area contributed by atoms with Crippen LogP contribution in [0.2, 0.25) is 0 Å². The third kappa shape index (κ3) is 2.58. The van der Waals surface area contributed by atoms with Crippen molar-refractivity contribution in [1.82, 2.24) is 4.98 Å². The number of nitrogens with zero attached hydrogens (tertiary/aromatic N) is 2. The summed E-state index contributed by atoms with van der Waals surface area (Å²) in [5.41, 5.74) is 8.74. The average molecular weight is 252 g/mol. The van der Waals surface area contributed by atoms with Crippen LogP contribution in [0.1, 0.15) is 36.2 Å². The maximum Gasteiger partial charge on any atom is 0.0522 e. The minimum atomic E-state index is 0.890. The van der Waals surface area contributed by atoms with Crippen molar-refractivity contribution in [2.75, 3.05) is 0 Å². The quantitative estimate of drug-likeness (QED) is 0.724. The van der Waals surface area contributed by atoms with Gasteiger partial charge in [0.05, 0.1) is 5.69 Å². The first-order valence-electron chi connectivity index (χ1n) is 6.50. The molecule has 0 atom stereocenters. The standard InChI is InChI=1S/C17H20N2/c1-11(9-18-5)13(3)15-6-7-16-14(4)12(2)10-19-17(16)8-15/h6-7,9-10H,5,8H2,1-4H3/b11-9-,15-13-. The van der Waals surface area contributed by atoms with Crippen molar-refractivity contribution in [1.29, 1.82) is 0 Å². The zero-order chi connectivity index (χ0) is 14.0. The Bertz CT molecular complexity index is 616. The maximum absolute atomic E-state index is 4.58. The Morgan fingerprint density at radius 1 is 1.32 bits per heavy atom. The molecule has 2 nitrogen and oxygen atoms in total. The van der Waals surface area contributed by atoms with Crippen LogP contribution in [0.3, 0.4) is 0 Å². The molecule has 0 amide bonds. The largest absolute Gasteiger partial charge is 0.272 e. The van der Waals surface area contributed by atoms with Crippen LogP contribution >= 0.6 is 0 Å². The predicted molar refractivity (Wildman–Crippen MR) is 82.5 cm³/mol. The summed E-state index contributed by atoms with van der Waals surface area (Å²) >= 11 is 0. The number of allylic oxidation sites excluding steroid dienone is 4. The highest BCUT2D eigenvalue weighted by molar-refractivity contribution is 5.65. The molecule has 0 saturated heterocycles. The molecule has 2 heteroatoms. The summed E-state index contributed by atoms with van der Waals surface area (Å²) < 4.78 is 0. The highest BCUT2D eigenvalue weighted by Gasteiger charge is 2.14. The predicted octanol–water partition coefficient (Wildman–Crippen LogP) is 4.19. The van der Waals surface area contributed by atoms with Crippen LogP contribution in [0.4, 0.5) is 0 Å². The summed E-state index contributed by atoms with van der Waals surface area (Å²) in [6.07, 6.45) is 9.04. The lowest BCUT2D eigenvalue weighted by atomic mass is 9.90. The maximum atomic E-state index is 4.58. The molecule has 1 aromatic rings. The zero-order valence-electron chi connectivity index (χ0n) is 12.1. The number of rotatable bonds is 2. The monoisotopic (exact) mass is 252 g/mol. The van der Waals surface area contributed by atoms with Crippen LogP contribution in [0.15, 0.2) is 40.2 Å². The molecule has 0 radical (unpaired) electrons. The first kappa shape index (κ1) is 13.5. The molecule has 98 valence electrons. The second kappa shape index (κ2) is 5.35. The Morgan fingerprint density at radius 2 is 2.05 bits per heavy atom. The van der Waals surface area contributed by atoms with Gasteiger partial charge in [-0.15, -0.1) is 0 Å². The second-order valence-corrected chi connectivity index (χ2v) is 5.08. The van der Waals surface area contributed by atoms with Gasteiger partial charge >= 0.3 is 0 Å². The molecular formula is C17H20N2. The molecule has 1 aliphatic rings. The molecule has 19 heavy (non-hydrogen) atoms. The molecule has 1 aliphatic carbocycles. The number of hydrogen-bond donors (Lipinski definition) is 0. The summed E-state index contributed by atoms with van der Waals surface area (Å²) in [5.74, 6) is 0. The molecule has 0 N–H and O–H groups in total. The van der Waals surface area contributed by atoms with Crippen LogP contribution in [0.5, 0.6) is 0 Å². The number of aryl methyl sites for hydroxylation is 1. The van der Waals surface area contributed by atoms with Gasteiger partial charge in [0, 0.05) is 18.8 Å². The first-order valence-corrected chi connectivity index (χ1v) is 6.50. The molecule has 0 aromatic carbocycles. The van der Waals surface area contributed by atoms with Crippen LogP contribution < -0.4 is 0 Å². The van der Waals surface area contributed by atoms with Gasteiger partial charge in [0.1, 0.15) is 0 Å². The van der Waals surface area contributed by atoms with Crippen LogP contribution in [-0.4, -0.2) is 11.7 Å². The third-order valence-electron chi connectivity index (χ3n) is 3.89. The number of aromatic nitrogens is 1. The summed E-state index contributed by atoms with van der Waals surface area (Å²) in [7, 11) is 0. The Labute approximate surface area is 115 Å². The topological polar surface area (TPSA) is 25.2 Å². The average Bonchev–Trinajstić information content (AvgIpc) is 2.42. The minimum absolute atomic E-state index is 0.890. The van der Waals surface area contributed by atoms with E-state index in [-0.39, 0.29) is 0 Å². The highest BCUT2D eigenvalue weighted by atomic mass is 14.7. The van der Waals surface area contributed by atoms with Crippen molar-refractivity contribution < 1.29 is 0 Å². The fourth-order valence-electron chi connectivity index (χ4n) is 2.30. The summed E-state index contributed by atoms with van der Waals surface area (Å²) in [4.78, 5) is 8.41. The Morgan fingerprint density at radius 3 is 2.74 bits per heavy atom. The second-order valence-electron chi connectivity index (χ2n) is 5.08. The summed E-state index contributed by atoms with van der Waals surface area (Å²) in [5, 5.41) is 0. The minimum Gasteiger partial charge on any atom is -0.272 e. The Hall–Kier alpha value is -1.96. The van der Waals surface area contributed by atoms with Gasteiger partial charge in [-0.25, -0.2) is 0 Å². The van der Waals surface area contributed by atoms with E-state index >= 15 is 0 Å². The number of hydrogen-bond acceptors (Lipinski definition) is 2. The van der Waals surface area contributed by atoms with Crippen molar-refractivity contribution >= 4 is 12.8 Å². The van der Waals surface area contributed by atoms with E-state index in [0.717, 1.165) is 12.0 Å². The van der Waals surface area contributed by atoms with Crippen molar-refractivity contribution in [3.8, 4) is 0 Å². The van der Waals surface area contributed by atoms with Crippen molar-refractivity contribution in [2.45, 2.75) is 34.1 Å². The van der Waals surface area contributed by atoms with E-state index in [9.17, 15) is 0 Å². The Balaban J connectivity index is 2.45. The summed E-state index contributed by atoms with van der Waals surface area (Å²) in [6.45, 7) is 12.0. The van der Waals surface area contributed by atoms with Gasteiger partial charge in [-0.05, 0) is 67.8 Å². The molecule has 0 unspecified atom stereocenters. The number of aliphatic imine (C=N–C) groups is 1. The van der Waals surface area contributed by atoms with E-state index in [1.807, 2.05) is 6.20 Å². The van der Waals surface area contributed by atoms with Crippen molar-refractivity contribution in [2.24, 2.45) is 4.99 Å². The van der Waals surface area contributed by atoms with Gasteiger partial charge in [0.25, 0.3) is 0 Å². The fraction of sp³-hybridized carbons (Fsp3) is 0.294. The number of fused-ring (bicyclic) bond motifs is 1. The van der Waals surface area contributed by atoms with Gasteiger partial charge < -0.3 is 0 Å². The molecule has 0 aliphatic heterocycles. The Kier molecular flexibility index (Phi) is 3.79. The van der Waals surface area contributed by atoms with Gasteiger partial charge in [-0.3, -0.25) is 9.98 Å². The molecule has 0 spiro atoms. The smallest absolute Gasteiger partial charge is 0.0522 e. The first-order chi connectivity index (χ1) is 9.04.